The second-order valence-electron chi connectivity index (χ2n) is 8.69. The van der Waals surface area contributed by atoms with Crippen molar-refractivity contribution < 1.29 is 23.1 Å². The molecule has 3 unspecified atom stereocenters. The zero-order valence-electron chi connectivity index (χ0n) is 17.3. The number of rotatable bonds is 11. The van der Waals surface area contributed by atoms with Crippen LogP contribution in [-0.2, 0) is 23.1 Å². The Morgan fingerprint density at radius 3 is 1.88 bits per heavy atom. The molecule has 0 aromatic rings. The van der Waals surface area contributed by atoms with Crippen LogP contribution in [0.15, 0.2) is 0 Å². The molecule has 2 rings (SSSR count). The van der Waals surface area contributed by atoms with E-state index in [2.05, 4.69) is 26.2 Å². The lowest BCUT2D eigenvalue weighted by atomic mass is 10.1. The van der Waals surface area contributed by atoms with Crippen LogP contribution in [-0.4, -0.2) is 62.3 Å². The fraction of sp³-hybridized carbons (Fsp3) is 1.00. The Hall–Kier alpha value is 0.234. The van der Waals surface area contributed by atoms with Gasteiger partial charge in [0.1, 0.15) is 0 Å². The van der Waals surface area contributed by atoms with Gasteiger partial charge in [0, 0.05) is 13.2 Å². The average molecular weight is 405 g/mol. The molecule has 0 N–H and O–H groups in total. The van der Waals surface area contributed by atoms with Crippen LogP contribution >= 0.6 is 0 Å². The van der Waals surface area contributed by atoms with Crippen molar-refractivity contribution in [3.05, 3.63) is 0 Å². The van der Waals surface area contributed by atoms with E-state index >= 15 is 0 Å². The van der Waals surface area contributed by atoms with E-state index in [1.54, 1.807) is 0 Å². The summed E-state index contributed by atoms with van der Waals surface area (Å²) < 4.78 is 30.1. The van der Waals surface area contributed by atoms with Gasteiger partial charge < -0.3 is 23.1 Å². The van der Waals surface area contributed by atoms with Gasteiger partial charge in [0.15, 0.2) is 23.6 Å². The van der Waals surface area contributed by atoms with Crippen LogP contribution in [0.4, 0.5) is 0 Å². The van der Waals surface area contributed by atoms with Crippen molar-refractivity contribution in [3.63, 3.8) is 0 Å². The molecule has 0 aliphatic carbocycles. The monoisotopic (exact) mass is 404 g/mol. The molecule has 0 saturated carbocycles. The summed E-state index contributed by atoms with van der Waals surface area (Å²) in [7, 11) is -2.60. The van der Waals surface area contributed by atoms with Crippen LogP contribution < -0.4 is 0 Å². The quantitative estimate of drug-likeness (QED) is 0.383. The lowest BCUT2D eigenvalue weighted by molar-refractivity contribution is -0.185. The molecule has 0 aromatic carbocycles. The van der Waals surface area contributed by atoms with E-state index in [4.69, 9.17) is 23.1 Å². The molecule has 3 atom stereocenters. The van der Waals surface area contributed by atoms with Gasteiger partial charge in [-0.05, 0) is 77.2 Å². The van der Waals surface area contributed by atoms with Gasteiger partial charge in [-0.25, -0.2) is 0 Å². The second kappa shape index (κ2) is 11.9. The van der Waals surface area contributed by atoms with Gasteiger partial charge in [-0.2, -0.15) is 0 Å². The van der Waals surface area contributed by atoms with E-state index in [9.17, 15) is 0 Å². The van der Waals surface area contributed by atoms with Crippen molar-refractivity contribution >= 4 is 17.4 Å². The first kappa shape index (κ1) is 22.5. The fourth-order valence-corrected chi connectivity index (χ4v) is 9.60. The maximum Gasteiger partial charge on any atom is 0.170 e. The molecule has 7 heteroatoms. The highest BCUT2D eigenvalue weighted by atomic mass is 28.4. The molecule has 5 nitrogen and oxygen atoms in total. The van der Waals surface area contributed by atoms with Gasteiger partial charge in [0.25, 0.3) is 0 Å². The number of ether oxygens (including phenoxy) is 4. The van der Waals surface area contributed by atoms with Crippen molar-refractivity contribution in [1.29, 1.82) is 0 Å². The van der Waals surface area contributed by atoms with E-state index in [1.165, 1.54) is 25.7 Å². The molecule has 2 aliphatic rings. The number of hydrogen-bond acceptors (Lipinski definition) is 5. The fourth-order valence-electron chi connectivity index (χ4n) is 3.56. The SMILES string of the molecule is C[SiH](CCC(OCC1CCCCO1)OCC1CCCCO1)O[Si](C)(C)C. The Labute approximate surface area is 162 Å². The summed E-state index contributed by atoms with van der Waals surface area (Å²) in [5.41, 5.74) is 0. The predicted octanol–water partition coefficient (Wildman–Crippen LogP) is 4.08. The first-order valence-corrected chi connectivity index (χ1v) is 16.4. The molecular weight excluding hydrogens is 364 g/mol. The zero-order chi connectivity index (χ0) is 18.8. The minimum absolute atomic E-state index is 0.161. The van der Waals surface area contributed by atoms with Gasteiger partial charge in [-0.3, -0.25) is 0 Å². The molecule has 2 fully saturated rings. The number of hydrogen-bond donors (Lipinski definition) is 0. The molecule has 2 saturated heterocycles. The van der Waals surface area contributed by atoms with Gasteiger partial charge in [0.05, 0.1) is 25.4 Å². The zero-order valence-corrected chi connectivity index (χ0v) is 19.5. The van der Waals surface area contributed by atoms with E-state index < -0.39 is 17.4 Å². The molecule has 0 bridgehead atoms. The lowest BCUT2D eigenvalue weighted by Gasteiger charge is -2.29. The van der Waals surface area contributed by atoms with Gasteiger partial charge in [-0.15, -0.1) is 0 Å². The summed E-state index contributed by atoms with van der Waals surface area (Å²) in [4.78, 5) is 0. The summed E-state index contributed by atoms with van der Waals surface area (Å²) in [6.45, 7) is 12.1. The first-order chi connectivity index (χ1) is 12.4. The third-order valence-electron chi connectivity index (χ3n) is 4.85. The summed E-state index contributed by atoms with van der Waals surface area (Å²) in [6.07, 6.45) is 8.24. The molecule has 2 aliphatic heterocycles. The highest BCUT2D eigenvalue weighted by molar-refractivity contribution is 6.77. The molecule has 0 aromatic heterocycles. The highest BCUT2D eigenvalue weighted by Crippen LogP contribution is 2.19. The van der Waals surface area contributed by atoms with Crippen LogP contribution in [0.2, 0.25) is 32.2 Å². The molecule has 154 valence electrons. The summed E-state index contributed by atoms with van der Waals surface area (Å²) >= 11 is 0. The lowest BCUT2D eigenvalue weighted by Crippen LogP contribution is -2.35. The summed E-state index contributed by atoms with van der Waals surface area (Å²) in [5.74, 6) is 0. The van der Waals surface area contributed by atoms with Gasteiger partial charge in [-0.1, -0.05) is 0 Å². The van der Waals surface area contributed by atoms with Crippen LogP contribution in [0.3, 0.4) is 0 Å². The topological polar surface area (TPSA) is 46.2 Å². The maximum atomic E-state index is 6.29. The molecule has 0 radical (unpaired) electrons. The standard InChI is InChI=1S/C19H40O5Si2/c1-25(24-26(2,3)4)14-11-19(22-15-17-9-5-7-12-20-17)23-16-18-10-6-8-13-21-18/h17-19,25H,5-16H2,1-4H3. The van der Waals surface area contributed by atoms with Crippen molar-refractivity contribution in [2.45, 2.75) is 95.7 Å². The van der Waals surface area contributed by atoms with Crippen LogP contribution in [0, 0.1) is 0 Å². The molecule has 0 spiro atoms. The van der Waals surface area contributed by atoms with Crippen LogP contribution in [0.25, 0.3) is 0 Å². The minimum atomic E-state index is -1.44. The van der Waals surface area contributed by atoms with E-state index in [0.717, 1.165) is 38.5 Å². The van der Waals surface area contributed by atoms with Crippen LogP contribution in [0.1, 0.15) is 44.9 Å². The molecular formula is C19H40O5Si2. The Kier molecular flexibility index (Phi) is 10.3. The van der Waals surface area contributed by atoms with Crippen molar-refractivity contribution in [3.8, 4) is 0 Å². The molecule has 2 heterocycles. The van der Waals surface area contributed by atoms with Crippen molar-refractivity contribution in [1.82, 2.24) is 0 Å². The Morgan fingerprint density at radius 2 is 1.46 bits per heavy atom. The summed E-state index contributed by atoms with van der Waals surface area (Å²) in [5, 5.41) is 0. The molecule has 0 amide bonds. The first-order valence-electron chi connectivity index (χ1n) is 10.6. The maximum absolute atomic E-state index is 6.29. The normalized spacial score (nSPS) is 27.2. The smallest absolute Gasteiger partial charge is 0.170 e. The van der Waals surface area contributed by atoms with E-state index in [0.29, 0.717) is 13.2 Å². The summed E-state index contributed by atoms with van der Waals surface area (Å²) in [6, 6.07) is 1.09. The Morgan fingerprint density at radius 1 is 0.923 bits per heavy atom. The van der Waals surface area contributed by atoms with Crippen molar-refractivity contribution in [2.24, 2.45) is 0 Å². The Balaban J connectivity index is 1.74. The van der Waals surface area contributed by atoms with E-state index in [-0.39, 0.29) is 18.5 Å². The minimum Gasteiger partial charge on any atom is -0.458 e. The van der Waals surface area contributed by atoms with E-state index in [1.807, 2.05) is 0 Å². The van der Waals surface area contributed by atoms with Gasteiger partial charge >= 0.3 is 0 Å². The third kappa shape index (κ3) is 9.96. The third-order valence-corrected chi connectivity index (χ3v) is 10.4. The largest absolute Gasteiger partial charge is 0.458 e. The Bertz CT molecular complexity index is 343. The second-order valence-corrected chi connectivity index (χ2v) is 16.1. The van der Waals surface area contributed by atoms with Crippen molar-refractivity contribution in [2.75, 3.05) is 26.4 Å². The van der Waals surface area contributed by atoms with Crippen LogP contribution in [0.5, 0.6) is 0 Å². The highest BCUT2D eigenvalue weighted by Gasteiger charge is 2.23. The predicted molar refractivity (Wildman–Crippen MR) is 110 cm³/mol. The van der Waals surface area contributed by atoms with Gasteiger partial charge in [0.2, 0.25) is 0 Å². The molecule has 26 heavy (non-hydrogen) atoms. The average Bonchev–Trinajstić information content (AvgIpc) is 2.61.